The standard InChI is InChI=1S/C10H15NO3/c1-3-8-4-5-11(6-7-14-2)10(13)9(8)12/h4-5,8H,3,6-7H2,1-2H3. The number of methoxy groups -OCH3 is 1. The highest BCUT2D eigenvalue weighted by Gasteiger charge is 2.29. The maximum absolute atomic E-state index is 11.5. The molecule has 0 N–H and O–H groups in total. The zero-order valence-corrected chi connectivity index (χ0v) is 8.53. The van der Waals surface area contributed by atoms with Crippen molar-refractivity contribution in [1.82, 2.24) is 4.90 Å². The molecule has 4 nitrogen and oxygen atoms in total. The Morgan fingerprint density at radius 2 is 2.21 bits per heavy atom. The molecule has 1 rings (SSSR count). The first kappa shape index (κ1) is 10.9. The van der Waals surface area contributed by atoms with E-state index in [-0.39, 0.29) is 11.7 Å². The molecule has 1 atom stereocenters. The maximum atomic E-state index is 11.5. The molecule has 0 saturated heterocycles. The third kappa shape index (κ3) is 2.20. The van der Waals surface area contributed by atoms with Crippen LogP contribution in [0.4, 0.5) is 0 Å². The van der Waals surface area contributed by atoms with E-state index >= 15 is 0 Å². The Balaban J connectivity index is 2.64. The average molecular weight is 197 g/mol. The number of nitrogens with zero attached hydrogens (tertiary/aromatic N) is 1. The second kappa shape index (κ2) is 4.91. The van der Waals surface area contributed by atoms with Gasteiger partial charge in [0.05, 0.1) is 6.61 Å². The zero-order valence-electron chi connectivity index (χ0n) is 8.53. The smallest absolute Gasteiger partial charge is 0.294 e. The molecule has 0 fully saturated rings. The Morgan fingerprint density at radius 1 is 1.50 bits per heavy atom. The molecule has 0 aromatic carbocycles. The number of amides is 1. The lowest BCUT2D eigenvalue weighted by atomic mass is 9.97. The fraction of sp³-hybridized carbons (Fsp3) is 0.600. The minimum absolute atomic E-state index is 0.235. The molecule has 0 bridgehead atoms. The second-order valence-electron chi connectivity index (χ2n) is 3.21. The summed E-state index contributed by atoms with van der Waals surface area (Å²) in [7, 11) is 1.56. The van der Waals surface area contributed by atoms with E-state index in [1.165, 1.54) is 4.90 Å². The van der Waals surface area contributed by atoms with Gasteiger partial charge in [-0.1, -0.05) is 13.0 Å². The van der Waals surface area contributed by atoms with E-state index in [4.69, 9.17) is 4.74 Å². The van der Waals surface area contributed by atoms with Crippen LogP contribution in [-0.4, -0.2) is 36.9 Å². The summed E-state index contributed by atoms with van der Waals surface area (Å²) in [6, 6.07) is 0. The van der Waals surface area contributed by atoms with Crippen LogP contribution in [0.25, 0.3) is 0 Å². The molecule has 0 radical (unpaired) electrons. The van der Waals surface area contributed by atoms with Crippen LogP contribution in [0.15, 0.2) is 12.3 Å². The topological polar surface area (TPSA) is 46.6 Å². The highest BCUT2D eigenvalue weighted by Crippen LogP contribution is 2.14. The van der Waals surface area contributed by atoms with Gasteiger partial charge in [-0.15, -0.1) is 0 Å². The molecule has 1 unspecified atom stereocenters. The number of Topliss-reactive ketones (excluding diaryl/α,β-unsaturated/α-hetero) is 1. The first-order chi connectivity index (χ1) is 6.70. The largest absolute Gasteiger partial charge is 0.383 e. The van der Waals surface area contributed by atoms with Gasteiger partial charge in [-0.05, 0) is 6.42 Å². The molecule has 0 spiro atoms. The molecule has 1 heterocycles. The molecule has 0 aliphatic carbocycles. The lowest BCUT2D eigenvalue weighted by Crippen LogP contribution is -2.40. The van der Waals surface area contributed by atoms with Crippen molar-refractivity contribution >= 4 is 11.7 Å². The number of allylic oxidation sites excluding steroid dienone is 1. The van der Waals surface area contributed by atoms with E-state index in [9.17, 15) is 9.59 Å². The normalized spacial score (nSPS) is 21.9. The van der Waals surface area contributed by atoms with E-state index in [1.54, 1.807) is 19.4 Å². The summed E-state index contributed by atoms with van der Waals surface area (Å²) in [5, 5.41) is 0. The fourth-order valence-electron chi connectivity index (χ4n) is 1.35. The third-order valence-corrected chi connectivity index (χ3v) is 2.28. The van der Waals surface area contributed by atoms with Crippen LogP contribution in [0, 0.1) is 5.92 Å². The van der Waals surface area contributed by atoms with Gasteiger partial charge in [0.25, 0.3) is 5.91 Å². The molecule has 0 aromatic heterocycles. The summed E-state index contributed by atoms with van der Waals surface area (Å²) in [6.45, 7) is 2.78. The molecule has 4 heteroatoms. The van der Waals surface area contributed by atoms with Crippen LogP contribution >= 0.6 is 0 Å². The van der Waals surface area contributed by atoms with Crippen LogP contribution in [0.1, 0.15) is 13.3 Å². The Bertz CT molecular complexity index is 260. The third-order valence-electron chi connectivity index (χ3n) is 2.28. The molecule has 14 heavy (non-hydrogen) atoms. The summed E-state index contributed by atoms with van der Waals surface area (Å²) in [4.78, 5) is 24.3. The average Bonchev–Trinajstić information content (AvgIpc) is 2.20. The van der Waals surface area contributed by atoms with Crippen molar-refractivity contribution in [3.8, 4) is 0 Å². The second-order valence-corrected chi connectivity index (χ2v) is 3.21. The predicted octanol–water partition coefficient (Wildman–Crippen LogP) is 0.584. The number of ether oxygens (including phenoxy) is 1. The van der Waals surface area contributed by atoms with Crippen LogP contribution in [0.5, 0.6) is 0 Å². The quantitative estimate of drug-likeness (QED) is 0.619. The van der Waals surface area contributed by atoms with E-state index in [0.717, 1.165) is 0 Å². The minimum atomic E-state index is -0.420. The van der Waals surface area contributed by atoms with Crippen molar-refractivity contribution in [2.45, 2.75) is 13.3 Å². The highest BCUT2D eigenvalue weighted by molar-refractivity contribution is 6.38. The van der Waals surface area contributed by atoms with Crippen LogP contribution in [-0.2, 0) is 14.3 Å². The summed E-state index contributed by atoms with van der Waals surface area (Å²) in [5.41, 5.74) is 0. The van der Waals surface area contributed by atoms with Gasteiger partial charge in [0, 0.05) is 25.8 Å². The highest BCUT2D eigenvalue weighted by atomic mass is 16.5. The molecule has 0 aromatic rings. The van der Waals surface area contributed by atoms with E-state index in [0.29, 0.717) is 19.6 Å². The molecular formula is C10H15NO3. The van der Waals surface area contributed by atoms with Gasteiger partial charge in [0.1, 0.15) is 0 Å². The van der Waals surface area contributed by atoms with Crippen LogP contribution in [0.2, 0.25) is 0 Å². The first-order valence-corrected chi connectivity index (χ1v) is 4.72. The van der Waals surface area contributed by atoms with E-state index < -0.39 is 5.91 Å². The van der Waals surface area contributed by atoms with Gasteiger partial charge < -0.3 is 9.64 Å². The monoisotopic (exact) mass is 197 g/mol. The van der Waals surface area contributed by atoms with E-state index in [1.807, 2.05) is 6.92 Å². The van der Waals surface area contributed by atoms with Crippen molar-refractivity contribution < 1.29 is 14.3 Å². The van der Waals surface area contributed by atoms with Crippen LogP contribution < -0.4 is 0 Å². The molecule has 1 aliphatic heterocycles. The lowest BCUT2D eigenvalue weighted by molar-refractivity contribution is -0.145. The molecular weight excluding hydrogens is 182 g/mol. The summed E-state index contributed by atoms with van der Waals surface area (Å²) >= 11 is 0. The summed E-state index contributed by atoms with van der Waals surface area (Å²) < 4.78 is 4.84. The van der Waals surface area contributed by atoms with E-state index in [2.05, 4.69) is 0 Å². The number of ketones is 1. The number of hydrogen-bond donors (Lipinski definition) is 0. The van der Waals surface area contributed by atoms with Gasteiger partial charge >= 0.3 is 0 Å². The Labute approximate surface area is 83.5 Å². The lowest BCUT2D eigenvalue weighted by Gasteiger charge is -2.23. The van der Waals surface area contributed by atoms with Crippen molar-refractivity contribution in [1.29, 1.82) is 0 Å². The Morgan fingerprint density at radius 3 is 2.79 bits per heavy atom. The number of carbonyl (C=O) groups is 2. The Kier molecular flexibility index (Phi) is 3.83. The number of hydrogen-bond acceptors (Lipinski definition) is 3. The number of carbonyl (C=O) groups excluding carboxylic acids is 2. The van der Waals surface area contributed by atoms with Crippen molar-refractivity contribution in [3.63, 3.8) is 0 Å². The fourth-order valence-corrected chi connectivity index (χ4v) is 1.35. The molecule has 1 aliphatic rings. The zero-order chi connectivity index (χ0) is 10.6. The predicted molar refractivity (Wildman–Crippen MR) is 51.5 cm³/mol. The first-order valence-electron chi connectivity index (χ1n) is 4.72. The van der Waals surface area contributed by atoms with Gasteiger partial charge in [-0.25, -0.2) is 0 Å². The van der Waals surface area contributed by atoms with Crippen molar-refractivity contribution in [3.05, 3.63) is 12.3 Å². The molecule has 0 saturated carbocycles. The Hall–Kier alpha value is -1.16. The maximum Gasteiger partial charge on any atom is 0.294 e. The van der Waals surface area contributed by atoms with Crippen LogP contribution in [0.3, 0.4) is 0 Å². The van der Waals surface area contributed by atoms with Gasteiger partial charge in [-0.3, -0.25) is 9.59 Å². The van der Waals surface area contributed by atoms with Gasteiger partial charge in [-0.2, -0.15) is 0 Å². The van der Waals surface area contributed by atoms with Crippen molar-refractivity contribution in [2.24, 2.45) is 5.92 Å². The van der Waals surface area contributed by atoms with Crippen molar-refractivity contribution in [2.75, 3.05) is 20.3 Å². The summed E-state index contributed by atoms with van der Waals surface area (Å²) in [5.74, 6) is -0.969. The van der Waals surface area contributed by atoms with Gasteiger partial charge in [0.15, 0.2) is 0 Å². The molecule has 1 amide bonds. The summed E-state index contributed by atoms with van der Waals surface area (Å²) in [6.07, 6.45) is 4.13. The minimum Gasteiger partial charge on any atom is -0.383 e. The molecule has 78 valence electrons. The number of rotatable bonds is 4. The van der Waals surface area contributed by atoms with Gasteiger partial charge in [0.2, 0.25) is 5.78 Å². The SMILES string of the molecule is CCC1C=CN(CCOC)C(=O)C1=O.